The van der Waals surface area contributed by atoms with Gasteiger partial charge < -0.3 is 20.1 Å². The summed E-state index contributed by atoms with van der Waals surface area (Å²) < 4.78 is 44.1. The molecule has 1 aliphatic rings. The van der Waals surface area contributed by atoms with Crippen LogP contribution in [0.2, 0.25) is 0 Å². The number of hydrogen-bond acceptors (Lipinski definition) is 3. The average Bonchev–Trinajstić information content (AvgIpc) is 3.01. The molecule has 0 unspecified atom stereocenters. The minimum atomic E-state index is -4.51. The predicted octanol–water partition coefficient (Wildman–Crippen LogP) is 3.48. The number of rotatable bonds is 5. The van der Waals surface area contributed by atoms with E-state index in [9.17, 15) is 23.1 Å². The molecule has 0 spiro atoms. The Morgan fingerprint density at radius 1 is 1.46 bits per heavy atom. The number of anilines is 1. The molecule has 1 atom stereocenters. The van der Waals surface area contributed by atoms with E-state index in [0.717, 1.165) is 18.6 Å². The van der Waals surface area contributed by atoms with E-state index < -0.39 is 17.8 Å². The summed E-state index contributed by atoms with van der Waals surface area (Å²) in [6, 6.07) is 2.16. The molecule has 8 heteroatoms. The van der Waals surface area contributed by atoms with Gasteiger partial charge in [-0.15, -0.1) is 0 Å². The van der Waals surface area contributed by atoms with Gasteiger partial charge in [-0.05, 0) is 37.5 Å². The number of benzene rings is 1. The third-order valence-corrected chi connectivity index (χ3v) is 3.86. The van der Waals surface area contributed by atoms with Crippen LogP contribution in [0, 0.1) is 0 Å². The van der Waals surface area contributed by atoms with E-state index in [1.165, 1.54) is 11.0 Å². The van der Waals surface area contributed by atoms with Crippen molar-refractivity contribution in [2.75, 3.05) is 25.1 Å². The molecule has 0 aliphatic carbocycles. The summed E-state index contributed by atoms with van der Waals surface area (Å²) in [5.41, 5.74) is -0.881. The molecule has 0 aromatic heterocycles. The number of halogens is 3. The van der Waals surface area contributed by atoms with Crippen LogP contribution in [0.1, 0.15) is 31.7 Å². The van der Waals surface area contributed by atoms with Crippen LogP contribution in [0.5, 0.6) is 5.75 Å². The molecule has 2 N–H and O–H groups in total. The van der Waals surface area contributed by atoms with Gasteiger partial charge in [-0.25, -0.2) is 4.79 Å². The Morgan fingerprint density at radius 3 is 2.83 bits per heavy atom. The summed E-state index contributed by atoms with van der Waals surface area (Å²) >= 11 is 0. The number of aliphatic hydroxyl groups is 1. The Labute approximate surface area is 138 Å². The van der Waals surface area contributed by atoms with Gasteiger partial charge in [-0.1, -0.05) is 6.92 Å². The Hall–Kier alpha value is -1.96. The van der Waals surface area contributed by atoms with Crippen LogP contribution in [0.15, 0.2) is 18.2 Å². The summed E-state index contributed by atoms with van der Waals surface area (Å²) in [7, 11) is 0. The topological polar surface area (TPSA) is 61.8 Å². The molecule has 1 aromatic rings. The number of carbonyl (C=O) groups excluding carboxylic acids is 1. The molecular formula is C16H21F3N2O3. The number of likely N-dealkylation sites (tertiary alicyclic amines) is 1. The van der Waals surface area contributed by atoms with E-state index in [1.54, 1.807) is 0 Å². The van der Waals surface area contributed by atoms with E-state index in [1.807, 2.05) is 6.92 Å². The lowest BCUT2D eigenvalue weighted by Gasteiger charge is -2.24. The molecule has 0 saturated carbocycles. The molecular weight excluding hydrogens is 325 g/mol. The number of carbonyl (C=O) groups is 1. The van der Waals surface area contributed by atoms with Crippen molar-refractivity contribution < 1.29 is 27.8 Å². The van der Waals surface area contributed by atoms with Gasteiger partial charge in [0, 0.05) is 6.54 Å². The number of aliphatic hydroxyl groups excluding tert-OH is 1. The number of nitrogens with one attached hydrogen (secondary N) is 1. The Kier molecular flexibility index (Phi) is 5.93. The molecule has 2 rings (SSSR count). The number of alkyl halides is 3. The number of urea groups is 1. The van der Waals surface area contributed by atoms with E-state index in [-0.39, 0.29) is 24.1 Å². The minimum Gasteiger partial charge on any atom is -0.491 e. The average molecular weight is 346 g/mol. The van der Waals surface area contributed by atoms with Crippen molar-refractivity contribution in [1.29, 1.82) is 0 Å². The zero-order valence-electron chi connectivity index (χ0n) is 13.4. The third kappa shape index (κ3) is 4.31. The Bertz CT molecular complexity index is 578. The predicted molar refractivity (Wildman–Crippen MR) is 83.1 cm³/mol. The van der Waals surface area contributed by atoms with Gasteiger partial charge >= 0.3 is 12.2 Å². The van der Waals surface area contributed by atoms with E-state index in [2.05, 4.69) is 5.32 Å². The maximum atomic E-state index is 12.9. The van der Waals surface area contributed by atoms with Gasteiger partial charge in [0.1, 0.15) is 5.75 Å². The van der Waals surface area contributed by atoms with Crippen LogP contribution in [-0.2, 0) is 6.18 Å². The summed E-state index contributed by atoms with van der Waals surface area (Å²) in [4.78, 5) is 13.8. The van der Waals surface area contributed by atoms with Gasteiger partial charge in [-0.3, -0.25) is 0 Å². The van der Waals surface area contributed by atoms with Crippen LogP contribution in [-0.4, -0.2) is 41.8 Å². The van der Waals surface area contributed by atoms with Crippen LogP contribution in [0.3, 0.4) is 0 Å². The molecule has 1 heterocycles. The van der Waals surface area contributed by atoms with Crippen molar-refractivity contribution >= 4 is 11.7 Å². The Balaban J connectivity index is 2.23. The normalized spacial score (nSPS) is 17.9. The zero-order chi connectivity index (χ0) is 17.7. The van der Waals surface area contributed by atoms with Crippen molar-refractivity contribution in [3.8, 4) is 5.75 Å². The molecule has 1 aromatic carbocycles. The van der Waals surface area contributed by atoms with Gasteiger partial charge in [0.25, 0.3) is 0 Å². The highest BCUT2D eigenvalue weighted by atomic mass is 19.4. The fourth-order valence-corrected chi connectivity index (χ4v) is 2.62. The summed E-state index contributed by atoms with van der Waals surface area (Å²) in [5.74, 6) is 0.193. The quantitative estimate of drug-likeness (QED) is 0.858. The van der Waals surface area contributed by atoms with Crippen LogP contribution >= 0.6 is 0 Å². The van der Waals surface area contributed by atoms with Crippen molar-refractivity contribution in [2.45, 2.75) is 38.4 Å². The zero-order valence-corrected chi connectivity index (χ0v) is 13.4. The molecule has 2 amide bonds. The largest absolute Gasteiger partial charge is 0.491 e. The van der Waals surface area contributed by atoms with Crippen LogP contribution in [0.25, 0.3) is 0 Å². The summed E-state index contributed by atoms with van der Waals surface area (Å²) in [6.07, 6.45) is -2.40. The lowest BCUT2D eigenvalue weighted by atomic mass is 10.1. The second-order valence-electron chi connectivity index (χ2n) is 5.66. The lowest BCUT2D eigenvalue weighted by molar-refractivity contribution is -0.137. The molecule has 24 heavy (non-hydrogen) atoms. The molecule has 0 radical (unpaired) electrons. The van der Waals surface area contributed by atoms with Crippen molar-refractivity contribution in [2.24, 2.45) is 0 Å². The van der Waals surface area contributed by atoms with Gasteiger partial charge in [0.15, 0.2) is 0 Å². The number of nitrogens with zero attached hydrogens (tertiary/aromatic N) is 1. The molecule has 1 aliphatic heterocycles. The van der Waals surface area contributed by atoms with E-state index >= 15 is 0 Å². The first-order valence-corrected chi connectivity index (χ1v) is 7.89. The third-order valence-electron chi connectivity index (χ3n) is 3.86. The minimum absolute atomic E-state index is 0.0214. The lowest BCUT2D eigenvalue weighted by Crippen LogP contribution is -2.40. The highest BCUT2D eigenvalue weighted by Gasteiger charge is 2.32. The van der Waals surface area contributed by atoms with Gasteiger partial charge in [0.2, 0.25) is 0 Å². The molecule has 134 valence electrons. The summed E-state index contributed by atoms with van der Waals surface area (Å²) in [5, 5.41) is 11.8. The standard InChI is InChI=1S/C16H21F3N2O3/c1-2-8-24-14-6-5-11(16(17,18)19)9-13(14)20-15(23)21-7-3-4-12(21)10-22/h5-6,9,12,22H,2-4,7-8,10H2,1H3,(H,20,23)/t12-/m0/s1. The number of hydrogen-bond donors (Lipinski definition) is 2. The maximum Gasteiger partial charge on any atom is 0.416 e. The first kappa shape index (κ1) is 18.4. The van der Waals surface area contributed by atoms with Crippen molar-refractivity contribution in [3.05, 3.63) is 23.8 Å². The molecule has 1 saturated heterocycles. The molecule has 0 bridgehead atoms. The van der Waals surface area contributed by atoms with Crippen molar-refractivity contribution in [1.82, 2.24) is 4.90 Å². The number of ether oxygens (including phenoxy) is 1. The second kappa shape index (κ2) is 7.74. The summed E-state index contributed by atoms with van der Waals surface area (Å²) in [6.45, 7) is 2.49. The first-order chi connectivity index (χ1) is 11.4. The monoisotopic (exact) mass is 346 g/mol. The van der Waals surface area contributed by atoms with Crippen LogP contribution < -0.4 is 10.1 Å². The fourth-order valence-electron chi connectivity index (χ4n) is 2.62. The highest BCUT2D eigenvalue weighted by Crippen LogP contribution is 2.35. The maximum absolute atomic E-state index is 12.9. The van der Waals surface area contributed by atoms with Crippen molar-refractivity contribution in [3.63, 3.8) is 0 Å². The second-order valence-corrected chi connectivity index (χ2v) is 5.66. The first-order valence-electron chi connectivity index (χ1n) is 7.89. The SMILES string of the molecule is CCCOc1ccc(C(F)(F)F)cc1NC(=O)N1CCC[C@H]1CO. The molecule has 5 nitrogen and oxygen atoms in total. The van der Waals surface area contributed by atoms with Crippen LogP contribution in [0.4, 0.5) is 23.7 Å². The fraction of sp³-hybridized carbons (Fsp3) is 0.562. The van der Waals surface area contributed by atoms with Gasteiger partial charge in [0.05, 0.1) is 30.5 Å². The number of amides is 2. The van der Waals surface area contributed by atoms with Gasteiger partial charge in [-0.2, -0.15) is 13.2 Å². The smallest absolute Gasteiger partial charge is 0.416 e. The Morgan fingerprint density at radius 2 is 2.21 bits per heavy atom. The van der Waals surface area contributed by atoms with E-state index in [4.69, 9.17) is 4.74 Å². The van der Waals surface area contributed by atoms with E-state index in [0.29, 0.717) is 26.0 Å². The molecule has 1 fully saturated rings. The highest BCUT2D eigenvalue weighted by molar-refractivity contribution is 5.91.